The Morgan fingerprint density at radius 1 is 1.48 bits per heavy atom. The van der Waals surface area contributed by atoms with Crippen LogP contribution in [0.2, 0.25) is 5.02 Å². The zero-order chi connectivity index (χ0) is 16.4. The molecule has 7 heteroatoms. The summed E-state index contributed by atoms with van der Waals surface area (Å²) in [6.45, 7) is 0.746. The molecule has 1 aromatic carbocycles. The van der Waals surface area contributed by atoms with Gasteiger partial charge in [-0.2, -0.15) is 0 Å². The Labute approximate surface area is 143 Å². The van der Waals surface area contributed by atoms with Crippen molar-refractivity contribution in [2.75, 3.05) is 5.88 Å². The molecule has 1 atom stereocenters. The summed E-state index contributed by atoms with van der Waals surface area (Å²) in [6.07, 6.45) is 5.18. The summed E-state index contributed by atoms with van der Waals surface area (Å²) in [5.74, 6) is 0.228. The molecule has 3 rings (SSSR count). The van der Waals surface area contributed by atoms with Crippen molar-refractivity contribution in [1.29, 1.82) is 0 Å². The van der Waals surface area contributed by atoms with E-state index in [9.17, 15) is 9.18 Å². The van der Waals surface area contributed by atoms with E-state index in [4.69, 9.17) is 23.2 Å². The van der Waals surface area contributed by atoms with Crippen LogP contribution < -0.4 is 0 Å². The Kier molecular flexibility index (Phi) is 4.87. The molecule has 2 heterocycles. The highest BCUT2D eigenvalue weighted by Crippen LogP contribution is 2.25. The number of benzene rings is 1. The molecule has 23 heavy (non-hydrogen) atoms. The summed E-state index contributed by atoms with van der Waals surface area (Å²) in [6, 6.07) is 4.46. The number of hydrogen-bond donors (Lipinski definition) is 0. The minimum Gasteiger partial charge on any atom is -0.333 e. The normalized spacial score (nSPS) is 16.9. The lowest BCUT2D eigenvalue weighted by atomic mass is 10.0. The predicted octanol–water partition coefficient (Wildman–Crippen LogP) is 3.26. The van der Waals surface area contributed by atoms with Gasteiger partial charge in [0.15, 0.2) is 0 Å². The van der Waals surface area contributed by atoms with Crippen LogP contribution in [0.4, 0.5) is 4.39 Å². The summed E-state index contributed by atoms with van der Waals surface area (Å²) >= 11 is 11.9. The van der Waals surface area contributed by atoms with Gasteiger partial charge in [0.1, 0.15) is 17.5 Å². The number of rotatable bonds is 4. The molecule has 0 saturated heterocycles. The van der Waals surface area contributed by atoms with Gasteiger partial charge >= 0.3 is 0 Å². The maximum atomic E-state index is 14.1. The fraction of sp³-hybridized carbons (Fsp3) is 0.375. The van der Waals surface area contributed by atoms with Crippen molar-refractivity contribution in [3.8, 4) is 0 Å². The highest BCUT2D eigenvalue weighted by Gasteiger charge is 2.28. The molecule has 0 aliphatic carbocycles. The number of fused-ring (bicyclic) bond motifs is 1. The van der Waals surface area contributed by atoms with Crippen molar-refractivity contribution in [3.05, 3.63) is 52.8 Å². The molecule has 1 aliphatic heterocycles. The topological polar surface area (TPSA) is 38.1 Å². The summed E-state index contributed by atoms with van der Waals surface area (Å²) in [5, 5.41) is 0.316. The number of hydrogen-bond acceptors (Lipinski definition) is 2. The molecule has 0 radical (unpaired) electrons. The van der Waals surface area contributed by atoms with Crippen LogP contribution in [0.5, 0.6) is 0 Å². The van der Waals surface area contributed by atoms with Gasteiger partial charge in [0.05, 0.1) is 12.6 Å². The number of nitrogens with zero attached hydrogens (tertiary/aromatic N) is 3. The van der Waals surface area contributed by atoms with E-state index >= 15 is 0 Å². The number of aryl methyl sites for hydroxylation is 1. The predicted molar refractivity (Wildman–Crippen MR) is 87.0 cm³/mol. The van der Waals surface area contributed by atoms with Crippen molar-refractivity contribution < 1.29 is 9.18 Å². The Bertz CT molecular complexity index is 699. The summed E-state index contributed by atoms with van der Waals surface area (Å²) in [7, 11) is 0. The Morgan fingerprint density at radius 3 is 3.04 bits per heavy atom. The first-order valence-corrected chi connectivity index (χ1v) is 8.29. The highest BCUT2D eigenvalue weighted by molar-refractivity contribution is 6.31. The number of aromatic nitrogens is 2. The Morgan fingerprint density at radius 2 is 2.30 bits per heavy atom. The van der Waals surface area contributed by atoms with E-state index in [-0.39, 0.29) is 24.4 Å². The van der Waals surface area contributed by atoms with Crippen LogP contribution in [-0.2, 0) is 24.3 Å². The van der Waals surface area contributed by atoms with Gasteiger partial charge in [0.2, 0.25) is 5.91 Å². The smallest absolute Gasteiger partial charge is 0.238 e. The van der Waals surface area contributed by atoms with E-state index in [0.717, 1.165) is 18.7 Å². The van der Waals surface area contributed by atoms with E-state index in [1.165, 1.54) is 6.07 Å². The van der Waals surface area contributed by atoms with E-state index < -0.39 is 5.82 Å². The molecule has 0 saturated carbocycles. The minimum atomic E-state index is -0.413. The molecular weight excluding hydrogens is 340 g/mol. The first kappa shape index (κ1) is 16.3. The number of carbonyl (C=O) groups excluding carboxylic acids is 1. The number of halogens is 3. The lowest BCUT2D eigenvalue weighted by Crippen LogP contribution is -2.45. The minimum absolute atomic E-state index is 0.0568. The summed E-state index contributed by atoms with van der Waals surface area (Å²) in [4.78, 5) is 18.2. The van der Waals surface area contributed by atoms with Gasteiger partial charge < -0.3 is 9.47 Å². The molecule has 0 N–H and O–H groups in total. The Balaban J connectivity index is 1.86. The third-order valence-corrected chi connectivity index (χ3v) is 4.76. The van der Waals surface area contributed by atoms with Gasteiger partial charge in [-0.1, -0.05) is 17.7 Å². The fourth-order valence-electron chi connectivity index (χ4n) is 2.95. The molecule has 0 fully saturated rings. The van der Waals surface area contributed by atoms with Crippen molar-refractivity contribution in [1.82, 2.24) is 14.5 Å². The maximum Gasteiger partial charge on any atom is 0.238 e. The van der Waals surface area contributed by atoms with Crippen molar-refractivity contribution >= 4 is 29.1 Å². The van der Waals surface area contributed by atoms with Gasteiger partial charge in [0, 0.05) is 35.9 Å². The molecule has 1 unspecified atom stereocenters. The van der Waals surface area contributed by atoms with E-state index in [0.29, 0.717) is 17.1 Å². The molecule has 0 bridgehead atoms. The fourth-order valence-corrected chi connectivity index (χ4v) is 3.33. The average Bonchev–Trinajstić information content (AvgIpc) is 3.01. The molecule has 1 aromatic heterocycles. The third-order valence-electron chi connectivity index (χ3n) is 4.18. The quantitative estimate of drug-likeness (QED) is 0.789. The molecule has 1 aliphatic rings. The second-order valence-corrected chi connectivity index (χ2v) is 6.22. The second-order valence-electron chi connectivity index (χ2n) is 5.54. The van der Waals surface area contributed by atoms with Gasteiger partial charge in [-0.3, -0.25) is 4.79 Å². The lowest BCUT2D eigenvalue weighted by molar-refractivity contribution is -0.132. The first-order chi connectivity index (χ1) is 11.1. The van der Waals surface area contributed by atoms with E-state index in [1.54, 1.807) is 23.2 Å². The molecule has 0 spiro atoms. The number of imidazole rings is 1. The van der Waals surface area contributed by atoms with Gasteiger partial charge in [-0.05, 0) is 18.6 Å². The zero-order valence-corrected chi connectivity index (χ0v) is 13.9. The highest BCUT2D eigenvalue weighted by atomic mass is 35.5. The average molecular weight is 356 g/mol. The lowest BCUT2D eigenvalue weighted by Gasteiger charge is -2.35. The van der Waals surface area contributed by atoms with E-state index in [2.05, 4.69) is 4.98 Å². The summed E-state index contributed by atoms with van der Waals surface area (Å²) in [5.41, 5.74) is 0.323. The van der Waals surface area contributed by atoms with Gasteiger partial charge in [-0.15, -0.1) is 11.6 Å². The van der Waals surface area contributed by atoms with Crippen LogP contribution >= 0.6 is 23.2 Å². The van der Waals surface area contributed by atoms with Crippen LogP contribution in [0.3, 0.4) is 0 Å². The molecule has 2 aromatic rings. The monoisotopic (exact) mass is 355 g/mol. The maximum absolute atomic E-state index is 14.1. The second kappa shape index (κ2) is 6.89. The number of amides is 1. The van der Waals surface area contributed by atoms with Crippen molar-refractivity contribution in [2.24, 2.45) is 0 Å². The standard InChI is InChI=1S/C16H16Cl2FN3O/c17-8-16(23)22(10-12-13(18)2-1-3-14(12)19)11-4-5-15-20-6-7-21(15)9-11/h1-3,6-7,11H,4-5,8-10H2. The van der Waals surface area contributed by atoms with Crippen LogP contribution in [-0.4, -0.2) is 32.3 Å². The SMILES string of the molecule is O=C(CCl)N(Cc1c(F)cccc1Cl)C1CCc2nccn2C1. The van der Waals surface area contributed by atoms with Crippen LogP contribution in [0.25, 0.3) is 0 Å². The summed E-state index contributed by atoms with van der Waals surface area (Å²) < 4.78 is 16.1. The Hall–Kier alpha value is -1.59. The van der Waals surface area contributed by atoms with Crippen LogP contribution in [0, 0.1) is 5.82 Å². The number of alkyl halides is 1. The van der Waals surface area contributed by atoms with Crippen molar-refractivity contribution in [3.63, 3.8) is 0 Å². The molecule has 4 nitrogen and oxygen atoms in total. The van der Waals surface area contributed by atoms with Gasteiger partial charge in [0.25, 0.3) is 0 Å². The third kappa shape index (κ3) is 3.35. The zero-order valence-electron chi connectivity index (χ0n) is 12.4. The van der Waals surface area contributed by atoms with Crippen molar-refractivity contribution in [2.45, 2.75) is 32.0 Å². The van der Waals surface area contributed by atoms with Crippen LogP contribution in [0.1, 0.15) is 17.8 Å². The largest absolute Gasteiger partial charge is 0.333 e. The first-order valence-electron chi connectivity index (χ1n) is 7.38. The molecular formula is C16H16Cl2FN3O. The van der Waals surface area contributed by atoms with Gasteiger partial charge in [-0.25, -0.2) is 9.37 Å². The molecule has 1 amide bonds. The van der Waals surface area contributed by atoms with E-state index in [1.807, 2.05) is 10.8 Å². The molecule has 122 valence electrons. The number of carbonyl (C=O) groups is 1. The van der Waals surface area contributed by atoms with Crippen LogP contribution in [0.15, 0.2) is 30.6 Å².